The van der Waals surface area contributed by atoms with Crippen LogP contribution in [0.1, 0.15) is 44.1 Å². The molecule has 0 saturated heterocycles. The predicted molar refractivity (Wildman–Crippen MR) is 135 cm³/mol. The minimum Gasteiger partial charge on any atom is -0.467 e. The van der Waals surface area contributed by atoms with Crippen LogP contribution in [0.4, 0.5) is 0 Å². The molecule has 2 aromatic heterocycles. The monoisotopic (exact) mass is 454 g/mol. The number of aromatic nitrogens is 1. The van der Waals surface area contributed by atoms with Gasteiger partial charge in [-0.2, -0.15) is 0 Å². The zero-order valence-corrected chi connectivity index (χ0v) is 20.1. The molecule has 0 aliphatic rings. The maximum Gasteiger partial charge on any atom is 0.253 e. The number of aromatic amines is 1. The van der Waals surface area contributed by atoms with E-state index >= 15 is 0 Å². The fraction of sp³-hybridized carbons (Fsp3) is 0.440. The summed E-state index contributed by atoms with van der Waals surface area (Å²) in [5, 5.41) is 4.96. The molecule has 0 bridgehead atoms. The minimum atomic E-state index is -0.0654. The van der Waals surface area contributed by atoms with E-state index in [9.17, 15) is 4.79 Å². The van der Waals surface area contributed by atoms with Crippen LogP contribution in [0, 0.1) is 0 Å². The lowest BCUT2D eigenvalue weighted by molar-refractivity contribution is 0.279. The molecule has 2 heterocycles. The number of benzene rings is 1. The van der Waals surface area contributed by atoms with Gasteiger partial charge in [0.2, 0.25) is 0 Å². The van der Waals surface area contributed by atoms with Gasteiger partial charge in [0, 0.05) is 17.6 Å². The molecule has 7 heteroatoms. The Labute approximate surface area is 195 Å². The van der Waals surface area contributed by atoms with E-state index in [2.05, 4.69) is 53.0 Å². The first-order valence-electron chi connectivity index (χ1n) is 11.5. The number of aryl methyl sites for hydroxylation is 1. The summed E-state index contributed by atoms with van der Waals surface area (Å²) in [5.74, 6) is 0.825. The van der Waals surface area contributed by atoms with Gasteiger partial charge in [0.1, 0.15) is 5.76 Å². The van der Waals surface area contributed by atoms with Gasteiger partial charge in [0.25, 0.3) is 5.56 Å². The highest BCUT2D eigenvalue weighted by Crippen LogP contribution is 2.15. The standard InChI is InChI=1S/C25H34N4O2S/c1-4-19-10-11-23-20(15-19)16-21(24(30)27-23)18-29(13-8-12-28(5-2)6-3)25(32)26-17-22-9-7-14-31-22/h7,9-11,14-16H,4-6,8,12-13,17-18H2,1-3H3,(H,26,32)(H,27,30). The molecule has 0 fully saturated rings. The second kappa shape index (κ2) is 11.8. The Morgan fingerprint density at radius 3 is 2.62 bits per heavy atom. The molecule has 3 rings (SSSR count). The number of H-pyrrole nitrogens is 1. The molecule has 172 valence electrons. The number of furan rings is 1. The van der Waals surface area contributed by atoms with Crippen molar-refractivity contribution in [2.75, 3.05) is 26.2 Å². The van der Waals surface area contributed by atoms with Gasteiger partial charge in [-0.25, -0.2) is 0 Å². The largest absolute Gasteiger partial charge is 0.467 e. The fourth-order valence-electron chi connectivity index (χ4n) is 3.81. The van der Waals surface area contributed by atoms with Crippen molar-refractivity contribution in [2.45, 2.75) is 46.7 Å². The smallest absolute Gasteiger partial charge is 0.253 e. The Bertz CT molecular complexity index is 1060. The number of fused-ring (bicyclic) bond motifs is 1. The van der Waals surface area contributed by atoms with Crippen LogP contribution in [0.2, 0.25) is 0 Å². The Kier molecular flexibility index (Phi) is 8.88. The maximum atomic E-state index is 12.8. The molecule has 0 amide bonds. The van der Waals surface area contributed by atoms with Gasteiger partial charge >= 0.3 is 0 Å². The maximum absolute atomic E-state index is 12.8. The average Bonchev–Trinajstić information content (AvgIpc) is 3.33. The normalized spacial score (nSPS) is 11.2. The molecule has 0 aliphatic carbocycles. The molecule has 0 spiro atoms. The number of nitrogens with one attached hydrogen (secondary N) is 2. The summed E-state index contributed by atoms with van der Waals surface area (Å²) >= 11 is 5.71. The van der Waals surface area contributed by atoms with Crippen LogP contribution in [0.5, 0.6) is 0 Å². The second-order valence-corrected chi connectivity index (χ2v) is 8.33. The van der Waals surface area contributed by atoms with Gasteiger partial charge in [-0.3, -0.25) is 4.79 Å². The molecular weight excluding hydrogens is 420 g/mol. The van der Waals surface area contributed by atoms with E-state index < -0.39 is 0 Å². The third-order valence-electron chi connectivity index (χ3n) is 5.83. The Hall–Kier alpha value is -2.64. The molecule has 0 saturated carbocycles. The third-order valence-corrected chi connectivity index (χ3v) is 6.24. The Morgan fingerprint density at radius 2 is 1.94 bits per heavy atom. The molecule has 0 aliphatic heterocycles. The van der Waals surface area contributed by atoms with E-state index in [4.69, 9.17) is 16.6 Å². The van der Waals surface area contributed by atoms with Crippen molar-refractivity contribution in [1.82, 2.24) is 20.1 Å². The van der Waals surface area contributed by atoms with E-state index in [0.29, 0.717) is 18.2 Å². The van der Waals surface area contributed by atoms with Gasteiger partial charge in [-0.05, 0) is 86.0 Å². The zero-order valence-electron chi connectivity index (χ0n) is 19.3. The van der Waals surface area contributed by atoms with Crippen LogP contribution < -0.4 is 10.9 Å². The molecule has 1 aromatic carbocycles. The summed E-state index contributed by atoms with van der Waals surface area (Å²) < 4.78 is 5.41. The van der Waals surface area contributed by atoms with E-state index in [1.807, 2.05) is 24.3 Å². The molecule has 32 heavy (non-hydrogen) atoms. The van der Waals surface area contributed by atoms with E-state index in [1.165, 1.54) is 5.56 Å². The van der Waals surface area contributed by atoms with Gasteiger partial charge in [-0.15, -0.1) is 0 Å². The summed E-state index contributed by atoms with van der Waals surface area (Å²) in [6, 6.07) is 12.0. The summed E-state index contributed by atoms with van der Waals surface area (Å²) in [4.78, 5) is 20.3. The summed E-state index contributed by atoms with van der Waals surface area (Å²) in [5.41, 5.74) is 2.77. The molecular formula is C25H34N4O2S. The SMILES string of the molecule is CCc1ccc2[nH]c(=O)c(CN(CCCN(CC)CC)C(=S)NCc3ccco3)cc2c1. The Morgan fingerprint density at radius 1 is 1.12 bits per heavy atom. The van der Waals surface area contributed by atoms with Gasteiger partial charge < -0.3 is 24.5 Å². The first-order chi connectivity index (χ1) is 15.5. The van der Waals surface area contributed by atoms with Crippen molar-refractivity contribution in [3.63, 3.8) is 0 Å². The van der Waals surface area contributed by atoms with Crippen LogP contribution in [0.25, 0.3) is 10.9 Å². The van der Waals surface area contributed by atoms with Crippen LogP contribution >= 0.6 is 12.2 Å². The second-order valence-electron chi connectivity index (χ2n) is 7.94. The molecule has 0 radical (unpaired) electrons. The lowest BCUT2D eigenvalue weighted by atomic mass is 10.1. The van der Waals surface area contributed by atoms with Crippen LogP contribution in [0.15, 0.2) is 51.9 Å². The first kappa shape index (κ1) is 24.0. The van der Waals surface area contributed by atoms with Gasteiger partial charge in [0.15, 0.2) is 5.11 Å². The number of pyridine rings is 1. The van der Waals surface area contributed by atoms with Gasteiger partial charge in [0.05, 0.1) is 19.4 Å². The number of hydrogen-bond acceptors (Lipinski definition) is 4. The van der Waals surface area contributed by atoms with Crippen molar-refractivity contribution in [3.8, 4) is 0 Å². The number of thiocarbonyl (C=S) groups is 1. The highest BCUT2D eigenvalue weighted by atomic mass is 32.1. The number of hydrogen-bond donors (Lipinski definition) is 2. The van der Waals surface area contributed by atoms with Crippen LogP contribution in [0.3, 0.4) is 0 Å². The van der Waals surface area contributed by atoms with Crippen molar-refractivity contribution < 1.29 is 4.42 Å². The lowest BCUT2D eigenvalue weighted by Crippen LogP contribution is -2.41. The lowest BCUT2D eigenvalue weighted by Gasteiger charge is -2.27. The topological polar surface area (TPSA) is 64.5 Å². The number of nitrogens with zero attached hydrogens (tertiary/aromatic N) is 2. The molecule has 0 atom stereocenters. The number of rotatable bonds is 11. The molecule has 0 unspecified atom stereocenters. The highest BCUT2D eigenvalue weighted by Gasteiger charge is 2.14. The summed E-state index contributed by atoms with van der Waals surface area (Å²) in [7, 11) is 0. The van der Waals surface area contributed by atoms with Crippen molar-refractivity contribution in [3.05, 3.63) is 69.9 Å². The van der Waals surface area contributed by atoms with Gasteiger partial charge in [-0.1, -0.05) is 26.8 Å². The average molecular weight is 455 g/mol. The third kappa shape index (κ3) is 6.43. The zero-order chi connectivity index (χ0) is 22.9. The van der Waals surface area contributed by atoms with Crippen molar-refractivity contribution in [1.29, 1.82) is 0 Å². The molecule has 2 N–H and O–H groups in total. The summed E-state index contributed by atoms with van der Waals surface area (Å²) in [6.07, 6.45) is 3.58. The van der Waals surface area contributed by atoms with E-state index in [1.54, 1.807) is 6.26 Å². The van der Waals surface area contributed by atoms with E-state index in [0.717, 1.165) is 61.2 Å². The van der Waals surface area contributed by atoms with Crippen LogP contribution in [-0.2, 0) is 19.5 Å². The fourth-order valence-corrected chi connectivity index (χ4v) is 4.04. The first-order valence-corrected chi connectivity index (χ1v) is 11.9. The molecule has 6 nitrogen and oxygen atoms in total. The molecule has 3 aromatic rings. The summed E-state index contributed by atoms with van der Waals surface area (Å²) in [6.45, 7) is 11.3. The highest BCUT2D eigenvalue weighted by molar-refractivity contribution is 7.80. The predicted octanol–water partition coefficient (Wildman–Crippen LogP) is 4.29. The van der Waals surface area contributed by atoms with Crippen LogP contribution in [-0.4, -0.2) is 46.1 Å². The van der Waals surface area contributed by atoms with E-state index in [-0.39, 0.29) is 5.56 Å². The minimum absolute atomic E-state index is 0.0654. The van der Waals surface area contributed by atoms with Crippen molar-refractivity contribution >= 4 is 28.2 Å². The van der Waals surface area contributed by atoms with Crippen molar-refractivity contribution in [2.24, 2.45) is 0 Å². The Balaban J connectivity index is 1.77. The quantitative estimate of drug-likeness (QED) is 0.422.